The van der Waals surface area contributed by atoms with Crippen LogP contribution in [0.15, 0.2) is 18.2 Å². The zero-order valence-electron chi connectivity index (χ0n) is 9.60. The smallest absolute Gasteiger partial charge is 0.157 e. The highest BCUT2D eigenvalue weighted by atomic mass is 16.5. The number of hydrogen-bond donors (Lipinski definition) is 3. The minimum absolute atomic E-state index is 0.0616. The van der Waals surface area contributed by atoms with Crippen molar-refractivity contribution in [2.45, 2.75) is 44.1 Å². The number of ether oxygens (including phenoxy) is 1. The fraction of sp³-hybridized carbons (Fsp3) is 0.538. The van der Waals surface area contributed by atoms with Gasteiger partial charge in [-0.25, -0.2) is 0 Å². The first-order chi connectivity index (χ1) is 8.22. The average Bonchev–Trinajstić information content (AvgIpc) is 2.92. The average molecular weight is 235 g/mol. The van der Waals surface area contributed by atoms with Gasteiger partial charge in [0.15, 0.2) is 11.5 Å². The first-order valence-corrected chi connectivity index (χ1v) is 6.12. The number of benzene rings is 1. The molecule has 0 radical (unpaired) electrons. The van der Waals surface area contributed by atoms with E-state index in [4.69, 9.17) is 4.74 Å². The van der Waals surface area contributed by atoms with Gasteiger partial charge in [-0.3, -0.25) is 0 Å². The molecule has 2 aliphatic heterocycles. The molecule has 2 fully saturated rings. The van der Waals surface area contributed by atoms with Gasteiger partial charge in [-0.05, 0) is 37.0 Å². The van der Waals surface area contributed by atoms with Gasteiger partial charge in [0, 0.05) is 12.6 Å². The summed E-state index contributed by atoms with van der Waals surface area (Å²) in [6.45, 7) is 0.699. The Hall–Kier alpha value is -1.26. The summed E-state index contributed by atoms with van der Waals surface area (Å²) in [7, 11) is 0. The summed E-state index contributed by atoms with van der Waals surface area (Å²) < 4.78 is 5.76. The van der Waals surface area contributed by atoms with Crippen molar-refractivity contribution in [1.29, 1.82) is 0 Å². The fourth-order valence-corrected chi connectivity index (χ4v) is 2.78. The Morgan fingerprint density at radius 1 is 1.24 bits per heavy atom. The van der Waals surface area contributed by atoms with Crippen LogP contribution >= 0.6 is 0 Å². The van der Waals surface area contributed by atoms with E-state index in [1.54, 1.807) is 6.07 Å². The molecule has 2 saturated heterocycles. The zero-order valence-corrected chi connectivity index (χ0v) is 9.60. The van der Waals surface area contributed by atoms with Crippen LogP contribution < -0.4 is 5.32 Å². The third kappa shape index (κ3) is 2.10. The molecule has 0 aromatic heterocycles. The summed E-state index contributed by atoms with van der Waals surface area (Å²) >= 11 is 0. The molecule has 0 saturated carbocycles. The van der Waals surface area contributed by atoms with Crippen molar-refractivity contribution in [2.75, 3.05) is 0 Å². The van der Waals surface area contributed by atoms with Gasteiger partial charge in [-0.1, -0.05) is 6.07 Å². The van der Waals surface area contributed by atoms with Crippen molar-refractivity contribution >= 4 is 0 Å². The van der Waals surface area contributed by atoms with E-state index in [-0.39, 0.29) is 11.5 Å². The van der Waals surface area contributed by atoms with Crippen LogP contribution in [0.25, 0.3) is 0 Å². The molecular weight excluding hydrogens is 218 g/mol. The standard InChI is InChI=1S/C13H17NO3/c15-11-3-1-8(5-12(11)16)7-14-10-6-9-2-4-13(10)17-9/h1,3,5,9-10,13-16H,2,4,6-7H2. The van der Waals surface area contributed by atoms with E-state index in [0.29, 0.717) is 24.8 Å². The molecule has 1 aromatic carbocycles. The van der Waals surface area contributed by atoms with Crippen LogP contribution in [0.2, 0.25) is 0 Å². The molecule has 4 heteroatoms. The second-order valence-corrected chi connectivity index (χ2v) is 4.92. The molecule has 2 heterocycles. The topological polar surface area (TPSA) is 61.7 Å². The van der Waals surface area contributed by atoms with Crippen LogP contribution in [-0.4, -0.2) is 28.5 Å². The van der Waals surface area contributed by atoms with Crippen molar-refractivity contribution in [3.8, 4) is 11.5 Å². The highest BCUT2D eigenvalue weighted by molar-refractivity contribution is 5.40. The van der Waals surface area contributed by atoms with Crippen molar-refractivity contribution in [1.82, 2.24) is 5.32 Å². The molecule has 3 atom stereocenters. The molecule has 2 bridgehead atoms. The molecule has 92 valence electrons. The molecule has 3 unspecified atom stereocenters. The van der Waals surface area contributed by atoms with Crippen molar-refractivity contribution in [3.05, 3.63) is 23.8 Å². The lowest BCUT2D eigenvalue weighted by Crippen LogP contribution is -2.36. The quantitative estimate of drug-likeness (QED) is 0.695. The van der Waals surface area contributed by atoms with E-state index in [2.05, 4.69) is 5.32 Å². The Morgan fingerprint density at radius 2 is 2.12 bits per heavy atom. The Labute approximate surface area is 100 Å². The summed E-state index contributed by atoms with van der Waals surface area (Å²) in [5, 5.41) is 22.1. The number of fused-ring (bicyclic) bond motifs is 2. The largest absolute Gasteiger partial charge is 0.504 e. The minimum Gasteiger partial charge on any atom is -0.504 e. The van der Waals surface area contributed by atoms with Crippen molar-refractivity contribution in [2.24, 2.45) is 0 Å². The van der Waals surface area contributed by atoms with Gasteiger partial charge < -0.3 is 20.3 Å². The van der Waals surface area contributed by atoms with E-state index in [0.717, 1.165) is 18.4 Å². The summed E-state index contributed by atoms with van der Waals surface area (Å²) in [6, 6.07) is 5.36. The number of phenols is 2. The molecule has 3 rings (SSSR count). The molecule has 2 aliphatic rings. The van der Waals surface area contributed by atoms with Crippen molar-refractivity contribution < 1.29 is 14.9 Å². The first kappa shape index (κ1) is 10.9. The van der Waals surface area contributed by atoms with Crippen LogP contribution in [0, 0.1) is 0 Å². The second kappa shape index (κ2) is 4.20. The van der Waals surface area contributed by atoms with Crippen LogP contribution in [0.3, 0.4) is 0 Å². The Morgan fingerprint density at radius 3 is 2.76 bits per heavy atom. The molecule has 0 spiro atoms. The van der Waals surface area contributed by atoms with E-state index >= 15 is 0 Å². The first-order valence-electron chi connectivity index (χ1n) is 6.12. The van der Waals surface area contributed by atoms with Gasteiger partial charge >= 0.3 is 0 Å². The Bertz CT molecular complexity index is 421. The fourth-order valence-electron chi connectivity index (χ4n) is 2.78. The lowest BCUT2D eigenvalue weighted by molar-refractivity contribution is 0.0973. The maximum absolute atomic E-state index is 9.39. The zero-order chi connectivity index (χ0) is 11.8. The monoisotopic (exact) mass is 235 g/mol. The highest BCUT2D eigenvalue weighted by Crippen LogP contribution is 2.34. The van der Waals surface area contributed by atoms with E-state index in [1.165, 1.54) is 12.5 Å². The second-order valence-electron chi connectivity index (χ2n) is 4.92. The van der Waals surface area contributed by atoms with Gasteiger partial charge in [-0.2, -0.15) is 0 Å². The van der Waals surface area contributed by atoms with Crippen LogP contribution in [0.5, 0.6) is 11.5 Å². The SMILES string of the molecule is Oc1ccc(CNC2CC3CCC2O3)cc1O. The van der Waals surface area contributed by atoms with Crippen LogP contribution in [-0.2, 0) is 11.3 Å². The predicted octanol–water partition coefficient (Wildman–Crippen LogP) is 1.51. The van der Waals surface area contributed by atoms with Gasteiger partial charge in [0.05, 0.1) is 12.2 Å². The van der Waals surface area contributed by atoms with Gasteiger partial charge in [0.25, 0.3) is 0 Å². The molecular formula is C13H17NO3. The molecule has 3 N–H and O–H groups in total. The lowest BCUT2D eigenvalue weighted by Gasteiger charge is -2.20. The van der Waals surface area contributed by atoms with Crippen LogP contribution in [0.1, 0.15) is 24.8 Å². The Balaban J connectivity index is 1.59. The number of rotatable bonds is 3. The van der Waals surface area contributed by atoms with Gasteiger partial charge in [0.2, 0.25) is 0 Å². The molecule has 0 aliphatic carbocycles. The summed E-state index contributed by atoms with van der Waals surface area (Å²) in [5.74, 6) is -0.134. The van der Waals surface area contributed by atoms with Gasteiger partial charge in [-0.15, -0.1) is 0 Å². The van der Waals surface area contributed by atoms with E-state index in [9.17, 15) is 10.2 Å². The van der Waals surface area contributed by atoms with Gasteiger partial charge in [0.1, 0.15) is 0 Å². The predicted molar refractivity (Wildman–Crippen MR) is 62.9 cm³/mol. The highest BCUT2D eigenvalue weighted by Gasteiger charge is 2.40. The number of phenolic OH excluding ortho intramolecular Hbond substituents is 2. The molecule has 4 nitrogen and oxygen atoms in total. The third-order valence-electron chi connectivity index (χ3n) is 3.71. The summed E-state index contributed by atoms with van der Waals surface area (Å²) in [4.78, 5) is 0. The molecule has 17 heavy (non-hydrogen) atoms. The Kier molecular flexibility index (Phi) is 2.68. The van der Waals surface area contributed by atoms with E-state index < -0.39 is 0 Å². The maximum atomic E-state index is 9.39. The van der Waals surface area contributed by atoms with Crippen molar-refractivity contribution in [3.63, 3.8) is 0 Å². The molecule has 0 amide bonds. The normalized spacial score (nSPS) is 30.9. The molecule has 1 aromatic rings. The maximum Gasteiger partial charge on any atom is 0.157 e. The third-order valence-corrected chi connectivity index (χ3v) is 3.71. The number of aromatic hydroxyl groups is 2. The van der Waals surface area contributed by atoms with Crippen LogP contribution in [0.4, 0.5) is 0 Å². The number of hydrogen-bond acceptors (Lipinski definition) is 4. The minimum atomic E-state index is -0.0722. The summed E-state index contributed by atoms with van der Waals surface area (Å²) in [5.41, 5.74) is 0.975. The summed E-state index contributed by atoms with van der Waals surface area (Å²) in [6.07, 6.45) is 4.26. The van der Waals surface area contributed by atoms with E-state index in [1.807, 2.05) is 6.07 Å². The lowest BCUT2D eigenvalue weighted by atomic mass is 9.95. The number of nitrogens with one attached hydrogen (secondary N) is 1.